The number of aliphatic hydroxyl groups is 1. The minimum Gasteiger partial charge on any atom is -0.373 e. The third kappa shape index (κ3) is 3.82. The molecule has 2 N–H and O–H groups in total. The number of likely N-dealkylation sites (tertiary alicyclic amines) is 1. The number of nitrogens with zero attached hydrogens (tertiary/aromatic N) is 7. The number of anilines is 2. The number of aryl methyl sites for hydroxylation is 1. The van der Waals surface area contributed by atoms with Crippen LogP contribution in [0.2, 0.25) is 0 Å². The Kier molecular flexibility index (Phi) is 5.09. The van der Waals surface area contributed by atoms with Crippen molar-refractivity contribution in [3.63, 3.8) is 0 Å². The minimum absolute atomic E-state index is 0.111. The molecule has 1 amide bonds. The summed E-state index contributed by atoms with van der Waals surface area (Å²) in [5.41, 5.74) is 1.27. The SMILES string of the molecule is CCn1cc(Nc2nccc(-c3cccc(-c4cc(C5(O)CCN(C)C5=O)on4)n3)n2)cn1. The largest absolute Gasteiger partial charge is 0.373 e. The molecule has 11 heteroatoms. The molecule has 11 nitrogen and oxygen atoms in total. The molecule has 0 spiro atoms. The Balaban J connectivity index is 1.40. The van der Waals surface area contributed by atoms with Gasteiger partial charge in [-0.25, -0.2) is 15.0 Å². The van der Waals surface area contributed by atoms with Crippen molar-refractivity contribution < 1.29 is 14.4 Å². The third-order valence-electron chi connectivity index (χ3n) is 5.57. The van der Waals surface area contributed by atoms with Crippen molar-refractivity contribution >= 4 is 17.5 Å². The van der Waals surface area contributed by atoms with Crippen molar-refractivity contribution in [2.24, 2.45) is 0 Å². The molecule has 0 aliphatic carbocycles. The number of nitrogens with one attached hydrogen (secondary N) is 1. The van der Waals surface area contributed by atoms with Crippen LogP contribution in [0.5, 0.6) is 0 Å². The van der Waals surface area contributed by atoms with Crippen LogP contribution in [0.3, 0.4) is 0 Å². The number of hydrogen-bond donors (Lipinski definition) is 2. The Labute approximate surface area is 189 Å². The predicted octanol–water partition coefficient (Wildman–Crippen LogP) is 2.20. The number of hydrogen-bond acceptors (Lipinski definition) is 9. The van der Waals surface area contributed by atoms with E-state index in [0.29, 0.717) is 35.3 Å². The van der Waals surface area contributed by atoms with E-state index in [1.54, 1.807) is 42.3 Å². The Morgan fingerprint density at radius 2 is 1.97 bits per heavy atom. The molecule has 1 unspecified atom stereocenters. The predicted molar refractivity (Wildman–Crippen MR) is 118 cm³/mol. The molecule has 1 fully saturated rings. The maximum Gasteiger partial charge on any atom is 0.262 e. The Bertz CT molecular complexity index is 1320. The summed E-state index contributed by atoms with van der Waals surface area (Å²) in [6.07, 6.45) is 5.48. The molecule has 1 aliphatic heterocycles. The van der Waals surface area contributed by atoms with Gasteiger partial charge in [-0.05, 0) is 25.1 Å². The molecule has 4 aromatic heterocycles. The lowest BCUT2D eigenvalue weighted by Crippen LogP contribution is -2.35. The van der Waals surface area contributed by atoms with Crippen molar-refractivity contribution in [2.45, 2.75) is 25.5 Å². The van der Waals surface area contributed by atoms with Gasteiger partial charge in [0, 0.05) is 45.0 Å². The maximum absolute atomic E-state index is 12.3. The van der Waals surface area contributed by atoms with Crippen molar-refractivity contribution in [3.05, 3.63) is 54.7 Å². The number of aromatic nitrogens is 6. The first-order valence-corrected chi connectivity index (χ1v) is 10.5. The summed E-state index contributed by atoms with van der Waals surface area (Å²) in [7, 11) is 1.64. The van der Waals surface area contributed by atoms with Gasteiger partial charge in [0.25, 0.3) is 5.91 Å². The average molecular weight is 446 g/mol. The van der Waals surface area contributed by atoms with E-state index in [-0.39, 0.29) is 12.2 Å². The van der Waals surface area contributed by atoms with Crippen molar-refractivity contribution in [1.29, 1.82) is 0 Å². The van der Waals surface area contributed by atoms with Crippen LogP contribution in [0, 0.1) is 0 Å². The molecule has 1 saturated heterocycles. The molecule has 1 atom stereocenters. The third-order valence-corrected chi connectivity index (χ3v) is 5.57. The first kappa shape index (κ1) is 20.8. The van der Waals surface area contributed by atoms with Crippen LogP contribution in [0.1, 0.15) is 19.1 Å². The molecule has 1 aliphatic rings. The van der Waals surface area contributed by atoms with Gasteiger partial charge in [0.05, 0.1) is 29.0 Å². The lowest BCUT2D eigenvalue weighted by atomic mass is 9.98. The minimum atomic E-state index is -1.70. The molecule has 0 bridgehead atoms. The first-order chi connectivity index (χ1) is 16.0. The van der Waals surface area contributed by atoms with Gasteiger partial charge in [-0.1, -0.05) is 11.2 Å². The van der Waals surface area contributed by atoms with Crippen molar-refractivity contribution in [2.75, 3.05) is 18.9 Å². The second-order valence-corrected chi connectivity index (χ2v) is 7.80. The normalized spacial score (nSPS) is 18.2. The fraction of sp³-hybridized carbons (Fsp3) is 0.273. The van der Waals surface area contributed by atoms with Crippen LogP contribution >= 0.6 is 0 Å². The molecule has 5 rings (SSSR count). The van der Waals surface area contributed by atoms with Gasteiger partial charge >= 0.3 is 0 Å². The first-order valence-electron chi connectivity index (χ1n) is 10.5. The van der Waals surface area contributed by atoms with Gasteiger partial charge in [-0.2, -0.15) is 5.10 Å². The van der Waals surface area contributed by atoms with Gasteiger partial charge < -0.3 is 19.8 Å². The van der Waals surface area contributed by atoms with Gasteiger partial charge in [0.15, 0.2) is 5.76 Å². The molecular formula is C22H22N8O3. The highest BCUT2D eigenvalue weighted by Crippen LogP contribution is 2.34. The van der Waals surface area contributed by atoms with E-state index in [1.807, 2.05) is 25.3 Å². The number of carbonyl (C=O) groups is 1. The second kappa shape index (κ2) is 8.10. The summed E-state index contributed by atoms with van der Waals surface area (Å²) in [4.78, 5) is 27.3. The highest BCUT2D eigenvalue weighted by molar-refractivity contribution is 5.87. The number of amides is 1. The van der Waals surface area contributed by atoms with Crippen molar-refractivity contribution in [1.82, 2.24) is 34.8 Å². The van der Waals surface area contributed by atoms with Crippen LogP contribution in [0.25, 0.3) is 22.8 Å². The summed E-state index contributed by atoms with van der Waals surface area (Å²) in [6.45, 7) is 3.22. The van der Waals surface area contributed by atoms with Crippen molar-refractivity contribution in [3.8, 4) is 22.8 Å². The zero-order valence-corrected chi connectivity index (χ0v) is 18.1. The molecule has 33 heavy (non-hydrogen) atoms. The van der Waals surface area contributed by atoms with Gasteiger partial charge in [-0.15, -0.1) is 0 Å². The second-order valence-electron chi connectivity index (χ2n) is 7.80. The molecule has 4 aromatic rings. The fourth-order valence-electron chi connectivity index (χ4n) is 3.68. The smallest absolute Gasteiger partial charge is 0.262 e. The molecule has 168 valence electrons. The van der Waals surface area contributed by atoms with Gasteiger partial charge in [0.1, 0.15) is 5.69 Å². The number of carbonyl (C=O) groups excluding carboxylic acids is 1. The zero-order valence-electron chi connectivity index (χ0n) is 18.1. The molecule has 5 heterocycles. The summed E-state index contributed by atoms with van der Waals surface area (Å²) in [5, 5.41) is 22.2. The fourth-order valence-corrected chi connectivity index (χ4v) is 3.68. The van der Waals surface area contributed by atoms with Crippen LogP contribution in [-0.2, 0) is 16.9 Å². The Morgan fingerprint density at radius 1 is 1.18 bits per heavy atom. The van der Waals surface area contributed by atoms with Crippen LogP contribution in [-0.4, -0.2) is 59.4 Å². The summed E-state index contributed by atoms with van der Waals surface area (Å²) in [5.74, 6) is 0.128. The molecule has 0 radical (unpaired) electrons. The van der Waals surface area contributed by atoms with Gasteiger partial charge in [0.2, 0.25) is 11.5 Å². The summed E-state index contributed by atoms with van der Waals surface area (Å²) >= 11 is 0. The number of rotatable bonds is 6. The van der Waals surface area contributed by atoms with Crippen LogP contribution in [0.15, 0.2) is 53.4 Å². The zero-order chi connectivity index (χ0) is 23.0. The average Bonchev–Trinajstić information content (AvgIpc) is 3.57. The summed E-state index contributed by atoms with van der Waals surface area (Å²) < 4.78 is 7.14. The molecule has 0 saturated carbocycles. The summed E-state index contributed by atoms with van der Waals surface area (Å²) in [6, 6.07) is 8.75. The van der Waals surface area contributed by atoms with E-state index < -0.39 is 11.5 Å². The highest BCUT2D eigenvalue weighted by Gasteiger charge is 2.48. The Morgan fingerprint density at radius 3 is 2.70 bits per heavy atom. The monoisotopic (exact) mass is 446 g/mol. The maximum atomic E-state index is 12.3. The Hall–Kier alpha value is -4.12. The lowest BCUT2D eigenvalue weighted by molar-refractivity contribution is -0.144. The van der Waals surface area contributed by atoms with E-state index >= 15 is 0 Å². The van der Waals surface area contributed by atoms with Gasteiger partial charge in [-0.3, -0.25) is 9.48 Å². The lowest BCUT2D eigenvalue weighted by Gasteiger charge is -2.16. The number of pyridine rings is 1. The van der Waals surface area contributed by atoms with E-state index in [9.17, 15) is 9.90 Å². The van der Waals surface area contributed by atoms with E-state index in [2.05, 4.69) is 30.5 Å². The van der Waals surface area contributed by atoms with E-state index in [4.69, 9.17) is 4.52 Å². The van der Waals surface area contributed by atoms with E-state index in [0.717, 1.165) is 12.2 Å². The molecule has 0 aromatic carbocycles. The molecular weight excluding hydrogens is 424 g/mol. The number of likely N-dealkylation sites (N-methyl/N-ethyl adjacent to an activating group) is 1. The van der Waals surface area contributed by atoms with E-state index in [1.165, 1.54) is 4.90 Å². The van der Waals surface area contributed by atoms with Crippen LogP contribution in [0.4, 0.5) is 11.6 Å². The highest BCUT2D eigenvalue weighted by atomic mass is 16.5. The topological polar surface area (TPSA) is 135 Å². The van der Waals surface area contributed by atoms with Crippen LogP contribution < -0.4 is 5.32 Å². The quantitative estimate of drug-likeness (QED) is 0.457. The standard InChI is InChI=1S/C22H22N8O3/c1-3-30-13-14(12-24-30)25-21-23-9-7-17(27-21)15-5-4-6-16(26-15)18-11-19(33-28-18)22(32)8-10-29(2)20(22)31/h4-7,9,11-13,32H,3,8,10H2,1-2H3,(H,23,25,27).